The van der Waals surface area contributed by atoms with Gasteiger partial charge in [-0.3, -0.25) is 19.2 Å². The molecule has 32 heavy (non-hydrogen) atoms. The summed E-state index contributed by atoms with van der Waals surface area (Å²) in [6.45, 7) is -0.922. The lowest BCUT2D eigenvalue weighted by molar-refractivity contribution is -0.307. The number of aliphatic hydroxyl groups is 1. The molecular weight excluding hydrogens is 429 g/mol. The molecule has 0 radical (unpaired) electrons. The van der Waals surface area contributed by atoms with Crippen molar-refractivity contribution >= 4 is 17.6 Å². The molecule has 0 unspecified atom stereocenters. The van der Waals surface area contributed by atoms with E-state index in [1.54, 1.807) is 4.90 Å². The highest BCUT2D eigenvalue weighted by Crippen LogP contribution is 2.44. The minimum absolute atomic E-state index is 0.0522. The van der Waals surface area contributed by atoms with Gasteiger partial charge in [-0.15, -0.1) is 0 Å². The monoisotopic (exact) mass is 454 g/mol. The maximum atomic E-state index is 12.9. The number of hydrogen-bond donors (Lipinski definition) is 3. The van der Waals surface area contributed by atoms with E-state index in [1.807, 2.05) is 0 Å². The van der Waals surface area contributed by atoms with E-state index in [-0.39, 0.29) is 35.7 Å². The highest BCUT2D eigenvalue weighted by Gasteiger charge is 2.62. The lowest BCUT2D eigenvalue weighted by Crippen LogP contribution is -2.71. The number of nitrogens with two attached hydrogens (primary N) is 1. The van der Waals surface area contributed by atoms with Crippen LogP contribution in [0.25, 0.3) is 0 Å². The molecule has 3 fully saturated rings. The minimum atomic E-state index is -4.66. The first kappa shape index (κ1) is 22.5. The summed E-state index contributed by atoms with van der Waals surface area (Å²) < 4.78 is 40.3. The molecule has 1 aromatic rings. The number of alkyl halides is 3. The fourth-order valence-electron chi connectivity index (χ4n) is 4.66. The van der Waals surface area contributed by atoms with Crippen molar-refractivity contribution in [1.29, 1.82) is 5.26 Å². The van der Waals surface area contributed by atoms with E-state index in [4.69, 9.17) is 5.73 Å². The summed E-state index contributed by atoms with van der Waals surface area (Å²) in [5.74, 6) is -1.02. The number of nitrogens with one attached hydrogen (secondary N) is 1. The van der Waals surface area contributed by atoms with Gasteiger partial charge in [0.15, 0.2) is 11.4 Å². The van der Waals surface area contributed by atoms with Crippen molar-refractivity contribution in [3.8, 4) is 6.07 Å². The predicted molar refractivity (Wildman–Crippen MR) is 105 cm³/mol. The van der Waals surface area contributed by atoms with Crippen LogP contribution in [-0.2, 0) is 10.3 Å². The second kappa shape index (κ2) is 7.74. The SMILES string of the molecule is N#CC[C@]1(n2cc(C(N)=O)c(NC(=O)C3CC3)n2)CC[C@H](N2CC(O)(C(F)(F)F)C2)CC1. The van der Waals surface area contributed by atoms with Crippen molar-refractivity contribution in [2.24, 2.45) is 11.7 Å². The van der Waals surface area contributed by atoms with Gasteiger partial charge >= 0.3 is 6.18 Å². The number of carbonyl (C=O) groups is 2. The summed E-state index contributed by atoms with van der Waals surface area (Å²) in [5, 5.41) is 26.2. The van der Waals surface area contributed by atoms with Crippen molar-refractivity contribution in [3.63, 3.8) is 0 Å². The zero-order valence-electron chi connectivity index (χ0n) is 17.4. The third kappa shape index (κ3) is 3.95. The van der Waals surface area contributed by atoms with Crippen LogP contribution in [-0.4, -0.2) is 62.5 Å². The Morgan fingerprint density at radius 2 is 1.91 bits per heavy atom. The summed E-state index contributed by atoms with van der Waals surface area (Å²) in [6.07, 6.45) is 0.317. The number of β-amino-alcohol motifs (C(OH)–C–C–N with tert-alkyl or cyclic N) is 1. The number of halogens is 3. The highest BCUT2D eigenvalue weighted by molar-refractivity contribution is 6.02. The van der Waals surface area contributed by atoms with E-state index in [2.05, 4.69) is 16.5 Å². The van der Waals surface area contributed by atoms with Gasteiger partial charge in [0.05, 0.1) is 18.0 Å². The molecule has 1 aromatic heterocycles. The van der Waals surface area contributed by atoms with E-state index < -0.39 is 36.3 Å². The molecule has 9 nitrogen and oxygen atoms in total. The number of nitriles is 1. The van der Waals surface area contributed by atoms with E-state index in [0.29, 0.717) is 25.7 Å². The first-order valence-corrected chi connectivity index (χ1v) is 10.6. The lowest BCUT2D eigenvalue weighted by atomic mass is 9.75. The topological polar surface area (TPSA) is 137 Å². The molecule has 1 aliphatic heterocycles. The van der Waals surface area contributed by atoms with Crippen LogP contribution in [0.15, 0.2) is 6.20 Å². The molecule has 3 aliphatic rings. The van der Waals surface area contributed by atoms with Gasteiger partial charge in [0.2, 0.25) is 5.91 Å². The Kier molecular flexibility index (Phi) is 5.45. The lowest BCUT2D eigenvalue weighted by Gasteiger charge is -2.52. The maximum absolute atomic E-state index is 12.9. The van der Waals surface area contributed by atoms with Gasteiger partial charge in [-0.2, -0.15) is 23.5 Å². The number of nitrogens with zero attached hydrogens (tertiary/aromatic N) is 4. The smallest absolute Gasteiger partial charge is 0.378 e. The van der Waals surface area contributed by atoms with Crippen LogP contribution in [0.3, 0.4) is 0 Å². The first-order chi connectivity index (χ1) is 15.0. The third-order valence-corrected chi connectivity index (χ3v) is 6.92. The number of aromatic nitrogens is 2. The normalized spacial score (nSPS) is 27.9. The number of anilines is 1. The Hall–Kier alpha value is -2.65. The van der Waals surface area contributed by atoms with Crippen LogP contribution in [0.1, 0.15) is 55.3 Å². The maximum Gasteiger partial charge on any atom is 0.419 e. The minimum Gasteiger partial charge on any atom is -0.378 e. The number of hydrogen-bond acceptors (Lipinski definition) is 6. The summed E-state index contributed by atoms with van der Waals surface area (Å²) in [7, 11) is 0. The second-order valence-corrected chi connectivity index (χ2v) is 9.19. The standard InChI is InChI=1S/C20H25F3N6O3/c21-20(22,23)19(32)10-28(11-19)13-3-5-18(6-4-13,7-8-24)29-9-14(15(25)30)16(27-29)26-17(31)12-1-2-12/h9,12-13,32H,1-7,10-11H2,(H2,25,30)(H,26,27,31)/t13-,18-. The van der Waals surface area contributed by atoms with Crippen LogP contribution in [0.5, 0.6) is 0 Å². The second-order valence-electron chi connectivity index (χ2n) is 9.19. The summed E-state index contributed by atoms with van der Waals surface area (Å²) in [5.41, 5.74) is 2.09. The van der Waals surface area contributed by atoms with Crippen LogP contribution < -0.4 is 11.1 Å². The first-order valence-electron chi connectivity index (χ1n) is 10.6. The van der Waals surface area contributed by atoms with E-state index in [0.717, 1.165) is 12.8 Å². The van der Waals surface area contributed by atoms with Gasteiger partial charge in [0.1, 0.15) is 5.56 Å². The number of carbonyl (C=O) groups excluding carboxylic acids is 2. The summed E-state index contributed by atoms with van der Waals surface area (Å²) in [6, 6.07) is 1.99. The van der Waals surface area contributed by atoms with Crippen LogP contribution in [0.4, 0.5) is 19.0 Å². The quantitative estimate of drug-likeness (QED) is 0.596. The molecule has 2 heterocycles. The zero-order chi connectivity index (χ0) is 23.3. The molecule has 4 rings (SSSR count). The van der Waals surface area contributed by atoms with E-state index in [1.165, 1.54) is 10.9 Å². The van der Waals surface area contributed by atoms with Gasteiger partial charge in [-0.1, -0.05) is 0 Å². The number of likely N-dealkylation sites (tertiary alicyclic amines) is 1. The highest BCUT2D eigenvalue weighted by atomic mass is 19.4. The van der Waals surface area contributed by atoms with E-state index >= 15 is 0 Å². The largest absolute Gasteiger partial charge is 0.419 e. The fraction of sp³-hybridized carbons (Fsp3) is 0.700. The number of amides is 2. The third-order valence-electron chi connectivity index (χ3n) is 6.92. The molecule has 0 spiro atoms. The molecule has 2 saturated carbocycles. The Morgan fingerprint density at radius 3 is 2.41 bits per heavy atom. The average molecular weight is 454 g/mol. The molecule has 174 valence electrons. The molecule has 0 bridgehead atoms. The van der Waals surface area contributed by atoms with Crippen molar-refractivity contribution < 1.29 is 27.9 Å². The van der Waals surface area contributed by atoms with E-state index in [9.17, 15) is 33.1 Å². The van der Waals surface area contributed by atoms with Crippen molar-refractivity contribution in [2.45, 2.75) is 68.3 Å². The molecule has 2 aliphatic carbocycles. The number of primary amides is 1. The van der Waals surface area contributed by atoms with Gasteiger partial charge in [-0.25, -0.2) is 0 Å². The number of rotatable bonds is 6. The Bertz CT molecular complexity index is 951. The van der Waals surface area contributed by atoms with Crippen LogP contribution >= 0.6 is 0 Å². The Labute approximate surface area is 182 Å². The summed E-state index contributed by atoms with van der Waals surface area (Å²) in [4.78, 5) is 25.7. The van der Waals surface area contributed by atoms with Crippen molar-refractivity contribution in [3.05, 3.63) is 11.8 Å². The predicted octanol–water partition coefficient (Wildman–Crippen LogP) is 1.49. The van der Waals surface area contributed by atoms with Crippen molar-refractivity contribution in [2.75, 3.05) is 18.4 Å². The molecule has 0 atom stereocenters. The van der Waals surface area contributed by atoms with Crippen LogP contribution in [0, 0.1) is 17.2 Å². The Morgan fingerprint density at radius 1 is 1.28 bits per heavy atom. The van der Waals surface area contributed by atoms with Gasteiger partial charge in [-0.05, 0) is 38.5 Å². The van der Waals surface area contributed by atoms with Gasteiger partial charge < -0.3 is 16.2 Å². The van der Waals surface area contributed by atoms with Crippen molar-refractivity contribution in [1.82, 2.24) is 14.7 Å². The van der Waals surface area contributed by atoms with Crippen LogP contribution in [0.2, 0.25) is 0 Å². The average Bonchev–Trinajstić information content (AvgIpc) is 3.46. The molecule has 1 saturated heterocycles. The molecule has 0 aromatic carbocycles. The molecule has 2 amide bonds. The molecular formula is C20H25F3N6O3. The van der Waals surface area contributed by atoms with Gasteiger partial charge in [0.25, 0.3) is 5.91 Å². The molecule has 4 N–H and O–H groups in total. The Balaban J connectivity index is 1.49. The summed E-state index contributed by atoms with van der Waals surface area (Å²) >= 11 is 0. The van der Waals surface area contributed by atoms with Gasteiger partial charge in [0, 0.05) is 31.2 Å². The zero-order valence-corrected chi connectivity index (χ0v) is 17.4. The molecule has 12 heteroatoms. The fourth-order valence-corrected chi connectivity index (χ4v) is 4.66.